The highest BCUT2D eigenvalue weighted by Gasteiger charge is 2.20. The number of aryl methyl sites for hydroxylation is 1. The van der Waals surface area contributed by atoms with E-state index in [0.717, 1.165) is 23.2 Å². The third-order valence-corrected chi connectivity index (χ3v) is 3.99. The number of halogens is 1. The van der Waals surface area contributed by atoms with E-state index in [1.807, 2.05) is 24.1 Å². The molecule has 5 nitrogen and oxygen atoms in total. The van der Waals surface area contributed by atoms with Crippen molar-refractivity contribution in [2.75, 3.05) is 23.3 Å². The molecule has 1 aliphatic rings. The zero-order valence-electron chi connectivity index (χ0n) is 11.5. The van der Waals surface area contributed by atoms with Gasteiger partial charge in [-0.2, -0.15) is 5.10 Å². The van der Waals surface area contributed by atoms with Crippen LogP contribution >= 0.6 is 15.9 Å². The van der Waals surface area contributed by atoms with Gasteiger partial charge < -0.3 is 10.2 Å². The topological polar surface area (TPSA) is 46.0 Å². The van der Waals surface area contributed by atoms with E-state index < -0.39 is 0 Å². The van der Waals surface area contributed by atoms with E-state index in [4.69, 9.17) is 0 Å². The van der Waals surface area contributed by atoms with Gasteiger partial charge in [-0.25, -0.2) is 0 Å². The van der Waals surface area contributed by atoms with Gasteiger partial charge in [0.25, 0.3) is 0 Å². The van der Waals surface area contributed by atoms with E-state index >= 15 is 0 Å². The molecule has 2 aromatic rings. The molecule has 0 unspecified atom stereocenters. The van der Waals surface area contributed by atoms with Gasteiger partial charge in [-0.1, -0.05) is 0 Å². The van der Waals surface area contributed by atoms with Crippen LogP contribution in [0.3, 0.4) is 0 Å². The van der Waals surface area contributed by atoms with Crippen molar-refractivity contribution >= 4 is 27.3 Å². The van der Waals surface area contributed by atoms with E-state index in [2.05, 4.69) is 48.5 Å². The number of aromatic nitrogens is 3. The lowest BCUT2D eigenvalue weighted by Crippen LogP contribution is -2.42. The maximum absolute atomic E-state index is 4.25. The number of hydrogen-bond donors (Lipinski definition) is 1. The SMILES string of the molecule is Cn1cc(N2CCC[C@H](Nc3cncc(Br)c3)C2)cn1. The fraction of sp³-hybridized carbons (Fsp3) is 0.429. The maximum Gasteiger partial charge on any atom is 0.0753 e. The van der Waals surface area contributed by atoms with E-state index in [1.54, 1.807) is 6.20 Å². The van der Waals surface area contributed by atoms with Gasteiger partial charge in [0.1, 0.15) is 0 Å². The molecule has 106 valence electrons. The Balaban J connectivity index is 1.66. The lowest BCUT2D eigenvalue weighted by atomic mass is 10.1. The third kappa shape index (κ3) is 3.12. The Morgan fingerprint density at radius 1 is 1.35 bits per heavy atom. The fourth-order valence-corrected chi connectivity index (χ4v) is 2.99. The Hall–Kier alpha value is -1.56. The van der Waals surface area contributed by atoms with Gasteiger partial charge in [0.15, 0.2) is 0 Å². The molecule has 1 fully saturated rings. The summed E-state index contributed by atoms with van der Waals surface area (Å²) >= 11 is 3.45. The Morgan fingerprint density at radius 2 is 2.25 bits per heavy atom. The van der Waals surface area contributed by atoms with Crippen molar-refractivity contribution < 1.29 is 0 Å². The van der Waals surface area contributed by atoms with Gasteiger partial charge in [0, 0.05) is 43.0 Å². The van der Waals surface area contributed by atoms with Crippen molar-refractivity contribution in [3.63, 3.8) is 0 Å². The molecule has 3 rings (SSSR count). The van der Waals surface area contributed by atoms with Crippen LogP contribution in [0.2, 0.25) is 0 Å². The van der Waals surface area contributed by atoms with Crippen LogP contribution in [-0.2, 0) is 7.05 Å². The van der Waals surface area contributed by atoms with Gasteiger partial charge in [-0.15, -0.1) is 0 Å². The zero-order chi connectivity index (χ0) is 13.9. The Labute approximate surface area is 127 Å². The first-order valence-electron chi connectivity index (χ1n) is 6.81. The van der Waals surface area contributed by atoms with Crippen molar-refractivity contribution in [3.8, 4) is 0 Å². The summed E-state index contributed by atoms with van der Waals surface area (Å²) in [6.07, 6.45) is 10.0. The van der Waals surface area contributed by atoms with Crippen molar-refractivity contribution in [1.82, 2.24) is 14.8 Å². The van der Waals surface area contributed by atoms with Crippen molar-refractivity contribution in [2.45, 2.75) is 18.9 Å². The molecular weight excluding hydrogens is 318 g/mol. The summed E-state index contributed by atoms with van der Waals surface area (Å²) < 4.78 is 2.85. The average Bonchev–Trinajstić information content (AvgIpc) is 2.86. The normalized spacial score (nSPS) is 19.1. The fourth-order valence-electron chi connectivity index (χ4n) is 2.63. The summed E-state index contributed by atoms with van der Waals surface area (Å²) in [4.78, 5) is 6.58. The van der Waals surface area contributed by atoms with E-state index in [0.29, 0.717) is 6.04 Å². The molecule has 0 spiro atoms. The molecule has 0 bridgehead atoms. The van der Waals surface area contributed by atoms with Crippen LogP contribution < -0.4 is 10.2 Å². The number of nitrogens with one attached hydrogen (secondary N) is 1. The van der Waals surface area contributed by atoms with E-state index in [-0.39, 0.29) is 0 Å². The molecule has 1 aliphatic heterocycles. The number of pyridine rings is 1. The standard InChI is InChI=1S/C14H18BrN5/c1-19-10-14(8-17-19)20-4-2-3-12(9-20)18-13-5-11(15)6-16-7-13/h5-8,10,12,18H,2-4,9H2,1H3/t12-/m0/s1. The second-order valence-corrected chi connectivity index (χ2v) is 6.11. The van der Waals surface area contributed by atoms with E-state index in [1.165, 1.54) is 18.5 Å². The van der Waals surface area contributed by atoms with Crippen LogP contribution in [0.4, 0.5) is 11.4 Å². The molecule has 20 heavy (non-hydrogen) atoms. The summed E-state index contributed by atoms with van der Waals surface area (Å²) in [5.74, 6) is 0. The predicted octanol–water partition coefficient (Wildman–Crippen LogP) is 2.66. The first-order valence-corrected chi connectivity index (χ1v) is 7.61. The highest BCUT2D eigenvalue weighted by atomic mass is 79.9. The molecule has 2 aromatic heterocycles. The molecule has 0 amide bonds. The summed E-state index contributed by atoms with van der Waals surface area (Å²) in [6.45, 7) is 2.10. The minimum atomic E-state index is 0.444. The van der Waals surface area contributed by atoms with Gasteiger partial charge in [-0.3, -0.25) is 9.67 Å². The Morgan fingerprint density at radius 3 is 3.00 bits per heavy atom. The molecule has 0 aromatic carbocycles. The zero-order valence-corrected chi connectivity index (χ0v) is 13.0. The summed E-state index contributed by atoms with van der Waals surface area (Å²) in [6, 6.07) is 2.51. The second-order valence-electron chi connectivity index (χ2n) is 5.19. The van der Waals surface area contributed by atoms with Gasteiger partial charge >= 0.3 is 0 Å². The smallest absolute Gasteiger partial charge is 0.0753 e. The van der Waals surface area contributed by atoms with E-state index in [9.17, 15) is 0 Å². The highest BCUT2D eigenvalue weighted by molar-refractivity contribution is 9.10. The van der Waals surface area contributed by atoms with Crippen molar-refractivity contribution in [1.29, 1.82) is 0 Å². The quantitative estimate of drug-likeness (QED) is 0.936. The summed E-state index contributed by atoms with van der Waals surface area (Å²) in [7, 11) is 1.95. The van der Waals surface area contributed by atoms with Crippen LogP contribution in [0.1, 0.15) is 12.8 Å². The molecular formula is C14H18BrN5. The van der Waals surface area contributed by atoms with Crippen LogP contribution in [0, 0.1) is 0 Å². The maximum atomic E-state index is 4.25. The molecule has 0 saturated carbocycles. The first kappa shape index (κ1) is 13.4. The molecule has 1 N–H and O–H groups in total. The monoisotopic (exact) mass is 335 g/mol. The van der Waals surface area contributed by atoms with Crippen LogP contribution in [0.5, 0.6) is 0 Å². The average molecular weight is 336 g/mol. The first-order chi connectivity index (χ1) is 9.70. The number of piperidine rings is 1. The minimum absolute atomic E-state index is 0.444. The minimum Gasteiger partial charge on any atom is -0.379 e. The van der Waals surface area contributed by atoms with Gasteiger partial charge in [-0.05, 0) is 34.8 Å². The second kappa shape index (κ2) is 5.83. The number of hydrogen-bond acceptors (Lipinski definition) is 4. The summed E-state index contributed by atoms with van der Waals surface area (Å²) in [5.41, 5.74) is 2.27. The van der Waals surface area contributed by atoms with Crippen LogP contribution in [-0.4, -0.2) is 33.9 Å². The molecule has 6 heteroatoms. The molecule has 1 saturated heterocycles. The van der Waals surface area contributed by atoms with Crippen LogP contribution in [0.15, 0.2) is 35.3 Å². The predicted molar refractivity (Wildman–Crippen MR) is 84.0 cm³/mol. The summed E-state index contributed by atoms with van der Waals surface area (Å²) in [5, 5.41) is 7.82. The van der Waals surface area contributed by atoms with Crippen LogP contribution in [0.25, 0.3) is 0 Å². The van der Waals surface area contributed by atoms with Gasteiger partial charge in [0.2, 0.25) is 0 Å². The van der Waals surface area contributed by atoms with Crippen molar-refractivity contribution in [3.05, 3.63) is 35.3 Å². The molecule has 0 aliphatic carbocycles. The largest absolute Gasteiger partial charge is 0.379 e. The number of nitrogens with zero attached hydrogens (tertiary/aromatic N) is 4. The lowest BCUT2D eigenvalue weighted by molar-refractivity contribution is 0.530. The number of anilines is 2. The number of rotatable bonds is 3. The highest BCUT2D eigenvalue weighted by Crippen LogP contribution is 2.22. The Bertz CT molecular complexity index is 582. The van der Waals surface area contributed by atoms with Crippen molar-refractivity contribution in [2.24, 2.45) is 7.05 Å². The molecule has 1 atom stereocenters. The van der Waals surface area contributed by atoms with Gasteiger partial charge in [0.05, 0.1) is 23.8 Å². The molecule has 0 radical (unpaired) electrons. The lowest BCUT2D eigenvalue weighted by Gasteiger charge is -2.34. The molecule has 3 heterocycles. The Kier molecular flexibility index (Phi) is 3.91. The third-order valence-electron chi connectivity index (χ3n) is 3.55.